The lowest BCUT2D eigenvalue weighted by molar-refractivity contribution is -0.134. The van der Waals surface area contributed by atoms with E-state index in [-0.39, 0.29) is 11.3 Å². The molecule has 132 valence electrons. The smallest absolute Gasteiger partial charge is 0.342 e. The number of rotatable bonds is 4. The maximum absolute atomic E-state index is 12.3. The molecule has 0 spiro atoms. The number of furan rings is 1. The van der Waals surface area contributed by atoms with E-state index in [4.69, 9.17) is 9.15 Å². The summed E-state index contributed by atoms with van der Waals surface area (Å²) in [5.74, 6) is -0.558. The van der Waals surface area contributed by atoms with E-state index in [1.54, 1.807) is 36.4 Å². The van der Waals surface area contributed by atoms with Crippen LogP contribution in [0, 0.1) is 0 Å². The summed E-state index contributed by atoms with van der Waals surface area (Å²) in [4.78, 5) is 23.6. The number of esters is 2. The zero-order chi connectivity index (χ0) is 18.7. The van der Waals surface area contributed by atoms with E-state index in [0.717, 1.165) is 0 Å². The van der Waals surface area contributed by atoms with E-state index >= 15 is 0 Å². The Morgan fingerprint density at radius 1 is 1.04 bits per heavy atom. The highest BCUT2D eigenvalue weighted by molar-refractivity contribution is 6.09. The molecule has 3 rings (SSSR count). The van der Waals surface area contributed by atoms with Gasteiger partial charge in [-0.15, -0.1) is 0 Å². The van der Waals surface area contributed by atoms with Gasteiger partial charge in [0.05, 0.1) is 14.2 Å². The maximum atomic E-state index is 12.3. The topological polar surface area (TPSA) is 86.0 Å². The largest absolute Gasteiger partial charge is 0.508 e. The van der Waals surface area contributed by atoms with Gasteiger partial charge in [-0.2, -0.15) is 0 Å². The molecule has 0 unspecified atom stereocenters. The third kappa shape index (κ3) is 3.30. The molecule has 0 radical (unpaired) electrons. The number of phenols is 1. The summed E-state index contributed by atoms with van der Waals surface area (Å²) in [5, 5.41) is 10.0. The first kappa shape index (κ1) is 17.3. The Morgan fingerprint density at radius 3 is 2.42 bits per heavy atom. The van der Waals surface area contributed by atoms with Gasteiger partial charge in [0.25, 0.3) is 0 Å². The molecule has 0 aliphatic heterocycles. The molecule has 0 saturated heterocycles. The third-order valence-electron chi connectivity index (χ3n) is 3.84. The zero-order valence-electron chi connectivity index (χ0n) is 14.2. The van der Waals surface area contributed by atoms with Gasteiger partial charge in [-0.25, -0.2) is 9.59 Å². The second kappa shape index (κ2) is 7.14. The molecule has 6 nitrogen and oxygen atoms in total. The number of carbonyl (C=O) groups excluding carboxylic acids is 2. The van der Waals surface area contributed by atoms with Crippen LogP contribution in [-0.4, -0.2) is 31.3 Å². The number of carbonyl (C=O) groups is 2. The molecule has 1 heterocycles. The molecule has 26 heavy (non-hydrogen) atoms. The number of benzene rings is 2. The molecule has 1 N–H and O–H groups in total. The predicted molar refractivity (Wildman–Crippen MR) is 95.7 cm³/mol. The molecular formula is C20H16O6. The molecule has 0 aliphatic rings. The van der Waals surface area contributed by atoms with Gasteiger partial charge in [-0.1, -0.05) is 6.07 Å². The predicted octanol–water partition coefficient (Wildman–Crippen LogP) is 3.78. The fraction of sp³-hybridized carbons (Fsp3) is 0.100. The fourth-order valence-electron chi connectivity index (χ4n) is 2.57. The van der Waals surface area contributed by atoms with Crippen LogP contribution in [0.25, 0.3) is 28.4 Å². The molecule has 0 bridgehead atoms. The van der Waals surface area contributed by atoms with Gasteiger partial charge in [0.2, 0.25) is 0 Å². The summed E-state index contributed by atoms with van der Waals surface area (Å²) >= 11 is 0. The minimum atomic E-state index is -0.541. The van der Waals surface area contributed by atoms with Crippen molar-refractivity contribution in [1.29, 1.82) is 0 Å². The van der Waals surface area contributed by atoms with Gasteiger partial charge in [-0.3, -0.25) is 0 Å². The molecule has 0 atom stereocenters. The summed E-state index contributed by atoms with van der Waals surface area (Å²) in [6, 6.07) is 11.5. The summed E-state index contributed by atoms with van der Waals surface area (Å²) in [6.07, 6.45) is 2.87. The summed E-state index contributed by atoms with van der Waals surface area (Å²) < 4.78 is 15.3. The van der Waals surface area contributed by atoms with Crippen molar-refractivity contribution >= 4 is 29.0 Å². The average Bonchev–Trinajstić information content (AvgIpc) is 3.04. The summed E-state index contributed by atoms with van der Waals surface area (Å²) in [6.45, 7) is 0. The van der Waals surface area contributed by atoms with Crippen LogP contribution in [0.1, 0.15) is 15.9 Å². The molecular weight excluding hydrogens is 336 g/mol. The van der Waals surface area contributed by atoms with E-state index in [1.807, 2.05) is 0 Å². The van der Waals surface area contributed by atoms with Crippen LogP contribution in [0.15, 0.2) is 53.0 Å². The van der Waals surface area contributed by atoms with E-state index in [0.29, 0.717) is 27.9 Å². The van der Waals surface area contributed by atoms with Gasteiger partial charge < -0.3 is 19.0 Å². The van der Waals surface area contributed by atoms with Crippen molar-refractivity contribution in [2.75, 3.05) is 14.2 Å². The number of aromatic hydroxyl groups is 1. The van der Waals surface area contributed by atoms with Gasteiger partial charge in [0, 0.05) is 17.0 Å². The van der Waals surface area contributed by atoms with Crippen molar-refractivity contribution in [3.63, 3.8) is 0 Å². The van der Waals surface area contributed by atoms with Crippen molar-refractivity contribution in [2.24, 2.45) is 0 Å². The molecule has 6 heteroatoms. The first-order chi connectivity index (χ1) is 12.5. The lowest BCUT2D eigenvalue weighted by atomic mass is 10.0. The van der Waals surface area contributed by atoms with Crippen molar-refractivity contribution in [1.82, 2.24) is 0 Å². The van der Waals surface area contributed by atoms with Gasteiger partial charge in [0.1, 0.15) is 22.7 Å². The number of hydrogen-bond donors (Lipinski definition) is 1. The molecule has 3 aromatic rings. The highest BCUT2D eigenvalue weighted by Crippen LogP contribution is 2.35. The number of ether oxygens (including phenoxy) is 2. The van der Waals surface area contributed by atoms with E-state index < -0.39 is 11.9 Å². The van der Waals surface area contributed by atoms with Crippen molar-refractivity contribution in [2.45, 2.75) is 0 Å². The summed E-state index contributed by atoms with van der Waals surface area (Å²) in [7, 11) is 2.59. The second-order valence-corrected chi connectivity index (χ2v) is 5.46. The molecule has 0 amide bonds. The van der Waals surface area contributed by atoms with Crippen LogP contribution in [-0.2, 0) is 14.3 Å². The van der Waals surface area contributed by atoms with Gasteiger partial charge in [0.15, 0.2) is 0 Å². The van der Waals surface area contributed by atoms with E-state index in [9.17, 15) is 14.7 Å². The van der Waals surface area contributed by atoms with Crippen LogP contribution >= 0.6 is 0 Å². The quantitative estimate of drug-likeness (QED) is 0.568. The summed E-state index contributed by atoms with van der Waals surface area (Å²) in [5.41, 5.74) is 2.11. The lowest BCUT2D eigenvalue weighted by Gasteiger charge is -2.02. The Hall–Kier alpha value is -3.54. The molecule has 0 aliphatic carbocycles. The average molecular weight is 352 g/mol. The standard InChI is InChI=1S/C20H16O6/c1-24-17(22)10-4-12-3-9-16-15(11-12)18(20(23)25-2)19(26-16)13-5-7-14(21)8-6-13/h3-11,21H,1-2H3/b10-4+. The Balaban J connectivity index is 2.17. The Labute approximate surface area is 149 Å². The normalized spacial score (nSPS) is 11.0. The van der Waals surface area contributed by atoms with Crippen LogP contribution in [0.5, 0.6) is 5.75 Å². The minimum Gasteiger partial charge on any atom is -0.508 e. The molecule has 1 aromatic heterocycles. The minimum absolute atomic E-state index is 0.111. The van der Waals surface area contributed by atoms with Gasteiger partial charge in [-0.05, 0) is 48.0 Å². The Morgan fingerprint density at radius 2 is 1.77 bits per heavy atom. The van der Waals surface area contributed by atoms with E-state index in [1.165, 1.54) is 32.4 Å². The van der Waals surface area contributed by atoms with Crippen molar-refractivity contribution in [3.05, 3.63) is 59.7 Å². The number of methoxy groups -OCH3 is 2. The highest BCUT2D eigenvalue weighted by Gasteiger charge is 2.23. The molecule has 0 fully saturated rings. The first-order valence-electron chi connectivity index (χ1n) is 7.73. The highest BCUT2D eigenvalue weighted by atomic mass is 16.5. The second-order valence-electron chi connectivity index (χ2n) is 5.46. The Bertz CT molecular complexity index is 995. The number of phenolic OH excluding ortho intramolecular Hbond substituents is 1. The number of fused-ring (bicyclic) bond motifs is 1. The lowest BCUT2D eigenvalue weighted by Crippen LogP contribution is -2.02. The maximum Gasteiger partial charge on any atom is 0.342 e. The van der Waals surface area contributed by atoms with Crippen molar-refractivity contribution < 1.29 is 28.6 Å². The molecule has 2 aromatic carbocycles. The molecule has 0 saturated carbocycles. The number of hydrogen-bond acceptors (Lipinski definition) is 6. The van der Waals surface area contributed by atoms with Crippen molar-refractivity contribution in [3.8, 4) is 17.1 Å². The first-order valence-corrected chi connectivity index (χ1v) is 7.73. The third-order valence-corrected chi connectivity index (χ3v) is 3.84. The zero-order valence-corrected chi connectivity index (χ0v) is 14.2. The monoisotopic (exact) mass is 352 g/mol. The van der Waals surface area contributed by atoms with Crippen LogP contribution in [0.4, 0.5) is 0 Å². The van der Waals surface area contributed by atoms with Crippen LogP contribution in [0.2, 0.25) is 0 Å². The van der Waals surface area contributed by atoms with Crippen LogP contribution < -0.4 is 0 Å². The Kier molecular flexibility index (Phi) is 4.75. The van der Waals surface area contributed by atoms with Crippen LogP contribution in [0.3, 0.4) is 0 Å². The fourth-order valence-corrected chi connectivity index (χ4v) is 2.57. The SMILES string of the molecule is COC(=O)/C=C/c1ccc2oc(-c3ccc(O)cc3)c(C(=O)OC)c2c1. The van der Waals surface area contributed by atoms with Gasteiger partial charge >= 0.3 is 11.9 Å². The van der Waals surface area contributed by atoms with E-state index in [2.05, 4.69) is 4.74 Å².